The minimum absolute atomic E-state index is 0.00579. The fraction of sp³-hybridized carbons (Fsp3) is 0.769. The zero-order valence-corrected chi connectivity index (χ0v) is 19.3. The van der Waals surface area contributed by atoms with E-state index in [9.17, 15) is 15.3 Å². The number of hydrogen-bond donors (Lipinski definition) is 3. The van der Waals surface area contributed by atoms with Gasteiger partial charge < -0.3 is 20.1 Å². The van der Waals surface area contributed by atoms with E-state index in [0.717, 1.165) is 19.3 Å². The van der Waals surface area contributed by atoms with Crippen molar-refractivity contribution in [3.8, 4) is 0 Å². The fourth-order valence-electron chi connectivity index (χ4n) is 6.82. The van der Waals surface area contributed by atoms with Crippen LogP contribution in [0, 0.1) is 28.6 Å². The average Bonchev–Trinajstić information content (AvgIpc) is 3.04. The van der Waals surface area contributed by atoms with Crippen LogP contribution in [0.3, 0.4) is 0 Å². The molecule has 4 aliphatic carbocycles. The first-order valence-electron chi connectivity index (χ1n) is 11.9. The molecule has 0 saturated heterocycles. The Morgan fingerprint density at radius 2 is 1.87 bits per heavy atom. The van der Waals surface area contributed by atoms with Crippen molar-refractivity contribution < 1.29 is 20.1 Å². The van der Waals surface area contributed by atoms with Crippen LogP contribution in [-0.4, -0.2) is 46.3 Å². The van der Waals surface area contributed by atoms with Gasteiger partial charge in [0, 0.05) is 11.8 Å². The summed E-state index contributed by atoms with van der Waals surface area (Å²) in [5.41, 5.74) is 3.90. The van der Waals surface area contributed by atoms with Crippen LogP contribution < -0.4 is 0 Å². The molecule has 0 heterocycles. The van der Waals surface area contributed by atoms with Crippen LogP contribution in [-0.2, 0) is 4.74 Å². The van der Waals surface area contributed by atoms with Gasteiger partial charge in [-0.3, -0.25) is 0 Å². The summed E-state index contributed by atoms with van der Waals surface area (Å²) in [7, 11) is 0. The average molecular weight is 417 g/mol. The van der Waals surface area contributed by atoms with Crippen LogP contribution in [0.2, 0.25) is 0 Å². The van der Waals surface area contributed by atoms with Crippen molar-refractivity contribution in [1.82, 2.24) is 0 Å². The van der Waals surface area contributed by atoms with Crippen molar-refractivity contribution in [3.63, 3.8) is 0 Å². The maximum Gasteiger partial charge on any atom is 0.0796 e. The van der Waals surface area contributed by atoms with Crippen molar-refractivity contribution in [2.45, 2.75) is 91.1 Å². The van der Waals surface area contributed by atoms with Crippen molar-refractivity contribution >= 4 is 0 Å². The summed E-state index contributed by atoms with van der Waals surface area (Å²) in [4.78, 5) is 0. The smallest absolute Gasteiger partial charge is 0.0796 e. The standard InChI is InChI=1S/C26H40O4/c1-15(2)23(28)14-30-16(3)20-8-9-21-19-7-6-17-12-18(27)13-24(29)26(17,5)22(19)10-11-25(20,21)4/h6-8,15-16,18,21-24,27-29H,9-14H2,1-5H3/t16?,18-,21+,22+,23-,24-,25-,26+/m1/s1. The Morgan fingerprint density at radius 1 is 1.13 bits per heavy atom. The Bertz CT molecular complexity index is 765. The molecule has 0 bridgehead atoms. The van der Waals surface area contributed by atoms with Crippen LogP contribution in [0.4, 0.5) is 0 Å². The van der Waals surface area contributed by atoms with Crippen molar-refractivity contribution in [1.29, 1.82) is 0 Å². The predicted octanol–water partition coefficient (Wildman–Crippen LogP) is 4.16. The third-order valence-corrected chi connectivity index (χ3v) is 9.02. The topological polar surface area (TPSA) is 69.9 Å². The Morgan fingerprint density at radius 3 is 2.57 bits per heavy atom. The Balaban J connectivity index is 1.56. The minimum Gasteiger partial charge on any atom is -0.393 e. The Hall–Kier alpha value is -0.940. The van der Waals surface area contributed by atoms with E-state index in [1.807, 2.05) is 13.8 Å². The summed E-state index contributed by atoms with van der Waals surface area (Å²) >= 11 is 0. The molecular formula is C26H40O4. The first-order valence-corrected chi connectivity index (χ1v) is 11.9. The molecular weight excluding hydrogens is 376 g/mol. The molecule has 0 aromatic carbocycles. The molecule has 0 aromatic rings. The maximum atomic E-state index is 11.0. The van der Waals surface area contributed by atoms with E-state index in [1.54, 1.807) is 0 Å². The fourth-order valence-corrected chi connectivity index (χ4v) is 6.82. The van der Waals surface area contributed by atoms with E-state index >= 15 is 0 Å². The summed E-state index contributed by atoms with van der Waals surface area (Å²) in [6.45, 7) is 11.1. The molecule has 1 unspecified atom stereocenters. The van der Waals surface area contributed by atoms with Gasteiger partial charge in [-0.15, -0.1) is 0 Å². The molecule has 30 heavy (non-hydrogen) atoms. The lowest BCUT2D eigenvalue weighted by Crippen LogP contribution is -2.52. The van der Waals surface area contributed by atoms with E-state index in [-0.39, 0.29) is 22.9 Å². The number of aliphatic hydroxyl groups is 3. The SMILES string of the molecule is CC(OC[C@@H](O)C(C)C)C1=CC[C@H]2C3=CC=C4C[C@@H](O)C[C@@H](O)[C@]4(C)[C@H]3CC[C@]12C. The highest BCUT2D eigenvalue weighted by atomic mass is 16.5. The van der Waals surface area contributed by atoms with Crippen molar-refractivity contribution in [2.24, 2.45) is 28.6 Å². The molecule has 4 aliphatic rings. The van der Waals surface area contributed by atoms with Crippen molar-refractivity contribution in [2.75, 3.05) is 6.61 Å². The maximum absolute atomic E-state index is 11.0. The van der Waals surface area contributed by atoms with E-state index < -0.39 is 18.3 Å². The molecule has 168 valence electrons. The largest absolute Gasteiger partial charge is 0.393 e. The van der Waals surface area contributed by atoms with Crippen LogP contribution >= 0.6 is 0 Å². The molecule has 0 amide bonds. The number of allylic oxidation sites excluding steroid dienone is 4. The Kier molecular flexibility index (Phi) is 5.85. The third-order valence-electron chi connectivity index (χ3n) is 9.02. The highest BCUT2D eigenvalue weighted by molar-refractivity contribution is 5.43. The van der Waals surface area contributed by atoms with Gasteiger partial charge in [0.25, 0.3) is 0 Å². The second-order valence-corrected chi connectivity index (χ2v) is 11.0. The number of fused-ring (bicyclic) bond motifs is 5. The second-order valence-electron chi connectivity index (χ2n) is 11.0. The lowest BCUT2D eigenvalue weighted by atomic mass is 9.49. The molecule has 2 saturated carbocycles. The zero-order valence-electron chi connectivity index (χ0n) is 19.3. The highest BCUT2D eigenvalue weighted by Gasteiger charge is 2.57. The van der Waals surface area contributed by atoms with Gasteiger partial charge in [-0.2, -0.15) is 0 Å². The van der Waals surface area contributed by atoms with E-state index in [4.69, 9.17) is 4.74 Å². The summed E-state index contributed by atoms with van der Waals surface area (Å²) in [5.74, 6) is 0.994. The normalized spacial score (nSPS) is 42.5. The molecule has 3 N–H and O–H groups in total. The first kappa shape index (κ1) is 22.3. The van der Waals surface area contributed by atoms with Gasteiger partial charge in [0.1, 0.15) is 0 Å². The monoisotopic (exact) mass is 416 g/mol. The lowest BCUT2D eigenvalue weighted by molar-refractivity contribution is -0.0514. The molecule has 2 fully saturated rings. The van der Waals surface area contributed by atoms with Crippen LogP contribution in [0.1, 0.15) is 66.7 Å². The molecule has 4 nitrogen and oxygen atoms in total. The van der Waals surface area contributed by atoms with Gasteiger partial charge in [0.2, 0.25) is 0 Å². The molecule has 4 heteroatoms. The van der Waals surface area contributed by atoms with Gasteiger partial charge in [0.05, 0.1) is 31.0 Å². The van der Waals surface area contributed by atoms with Crippen LogP contribution in [0.25, 0.3) is 0 Å². The molecule has 0 aliphatic heterocycles. The summed E-state index contributed by atoms with van der Waals surface area (Å²) < 4.78 is 6.12. The molecule has 0 radical (unpaired) electrons. The van der Waals surface area contributed by atoms with E-state index in [0.29, 0.717) is 31.3 Å². The van der Waals surface area contributed by atoms with E-state index in [2.05, 4.69) is 39.0 Å². The zero-order chi connectivity index (χ0) is 21.8. The van der Waals surface area contributed by atoms with E-state index in [1.165, 1.54) is 16.7 Å². The lowest BCUT2D eigenvalue weighted by Gasteiger charge is -2.56. The highest BCUT2D eigenvalue weighted by Crippen LogP contribution is 2.64. The molecule has 0 spiro atoms. The van der Waals surface area contributed by atoms with Gasteiger partial charge in [-0.05, 0) is 61.3 Å². The van der Waals surface area contributed by atoms with Crippen LogP contribution in [0.5, 0.6) is 0 Å². The molecule has 0 aromatic heterocycles. The van der Waals surface area contributed by atoms with Gasteiger partial charge in [-0.25, -0.2) is 0 Å². The van der Waals surface area contributed by atoms with Crippen LogP contribution in [0.15, 0.2) is 34.9 Å². The third kappa shape index (κ3) is 3.35. The molecule has 8 atom stereocenters. The van der Waals surface area contributed by atoms with Gasteiger partial charge in [-0.1, -0.05) is 57.1 Å². The summed E-state index contributed by atoms with van der Waals surface area (Å²) in [5, 5.41) is 31.3. The number of rotatable bonds is 5. The van der Waals surface area contributed by atoms with Crippen molar-refractivity contribution in [3.05, 3.63) is 34.9 Å². The van der Waals surface area contributed by atoms with Gasteiger partial charge in [0.15, 0.2) is 0 Å². The second kappa shape index (κ2) is 7.88. The first-order chi connectivity index (χ1) is 14.1. The minimum atomic E-state index is -0.487. The number of aliphatic hydroxyl groups excluding tert-OH is 3. The summed E-state index contributed by atoms with van der Waals surface area (Å²) in [6, 6.07) is 0. The van der Waals surface area contributed by atoms with Gasteiger partial charge >= 0.3 is 0 Å². The summed E-state index contributed by atoms with van der Waals surface area (Å²) in [6.07, 6.45) is 9.86. The molecule has 4 rings (SSSR count). The number of ether oxygens (including phenoxy) is 1. The quantitative estimate of drug-likeness (QED) is 0.589. The number of hydrogen-bond acceptors (Lipinski definition) is 4. The Labute approximate surface area is 181 Å². The predicted molar refractivity (Wildman–Crippen MR) is 119 cm³/mol.